The number of benzene rings is 1. The van der Waals surface area contributed by atoms with Crippen LogP contribution in [0.2, 0.25) is 0 Å². The Balaban J connectivity index is 1.25. The van der Waals surface area contributed by atoms with E-state index in [-0.39, 0.29) is 4.90 Å². The van der Waals surface area contributed by atoms with E-state index < -0.39 is 10.0 Å². The molecule has 0 spiro atoms. The van der Waals surface area contributed by atoms with Gasteiger partial charge in [-0.2, -0.15) is 4.31 Å². The van der Waals surface area contributed by atoms with Gasteiger partial charge in [0.2, 0.25) is 10.0 Å². The zero-order chi connectivity index (χ0) is 22.6. The van der Waals surface area contributed by atoms with Crippen molar-refractivity contribution in [3.05, 3.63) is 34.5 Å². The lowest BCUT2D eigenvalue weighted by Gasteiger charge is -2.35. The van der Waals surface area contributed by atoms with Gasteiger partial charge in [-0.1, -0.05) is 0 Å². The van der Waals surface area contributed by atoms with Crippen LogP contribution < -0.4 is 14.4 Å². The molecule has 3 aromatic rings. The number of thiophene rings is 1. The Labute approximate surface area is 197 Å². The van der Waals surface area contributed by atoms with Gasteiger partial charge in [0, 0.05) is 43.5 Å². The lowest BCUT2D eigenvalue weighted by molar-refractivity contribution is 0.296. The highest BCUT2D eigenvalue weighted by Gasteiger charge is 2.32. The first-order chi connectivity index (χ1) is 16.0. The second-order valence-corrected chi connectivity index (χ2v) is 11.7. The second kappa shape index (κ2) is 8.11. The lowest BCUT2D eigenvalue weighted by atomic mass is 10.1. The monoisotopic (exact) mass is 486 g/mol. The molecule has 0 bridgehead atoms. The second-order valence-electron chi connectivity index (χ2n) is 8.68. The van der Waals surface area contributed by atoms with Gasteiger partial charge < -0.3 is 14.4 Å². The van der Waals surface area contributed by atoms with Gasteiger partial charge in [0.05, 0.1) is 23.5 Å². The minimum Gasteiger partial charge on any atom is -0.490 e. The smallest absolute Gasteiger partial charge is 0.243 e. The van der Waals surface area contributed by atoms with Crippen LogP contribution in [0.15, 0.2) is 23.1 Å². The molecule has 2 aromatic heterocycles. The van der Waals surface area contributed by atoms with Crippen LogP contribution in [0.3, 0.4) is 0 Å². The molecule has 174 valence electrons. The van der Waals surface area contributed by atoms with Gasteiger partial charge in [-0.05, 0) is 43.9 Å². The number of fused-ring (bicyclic) bond motifs is 4. The summed E-state index contributed by atoms with van der Waals surface area (Å²) in [4.78, 5) is 14.4. The first-order valence-corrected chi connectivity index (χ1v) is 13.7. The van der Waals surface area contributed by atoms with E-state index >= 15 is 0 Å². The average Bonchev–Trinajstić information content (AvgIpc) is 3.31. The summed E-state index contributed by atoms with van der Waals surface area (Å²) in [6.07, 6.45) is 4.16. The number of nitrogens with zero attached hydrogens (tertiary/aromatic N) is 4. The van der Waals surface area contributed by atoms with E-state index in [0.717, 1.165) is 35.7 Å². The molecule has 33 heavy (non-hydrogen) atoms. The molecule has 1 saturated heterocycles. The van der Waals surface area contributed by atoms with Crippen LogP contribution >= 0.6 is 11.3 Å². The molecular weight excluding hydrogens is 460 g/mol. The Morgan fingerprint density at radius 1 is 0.970 bits per heavy atom. The number of aromatic nitrogens is 2. The number of anilines is 1. The zero-order valence-electron chi connectivity index (χ0n) is 18.5. The predicted octanol–water partition coefficient (Wildman–Crippen LogP) is 3.16. The molecule has 2 aliphatic heterocycles. The lowest BCUT2D eigenvalue weighted by Crippen LogP contribution is -2.49. The van der Waals surface area contributed by atoms with Crippen molar-refractivity contribution in [2.45, 2.75) is 37.5 Å². The van der Waals surface area contributed by atoms with Gasteiger partial charge in [-0.3, -0.25) is 0 Å². The van der Waals surface area contributed by atoms with Crippen LogP contribution in [0.4, 0.5) is 5.82 Å². The van der Waals surface area contributed by atoms with Crippen molar-refractivity contribution in [3.63, 3.8) is 0 Å². The number of ether oxygens (including phenoxy) is 2. The van der Waals surface area contributed by atoms with E-state index in [0.29, 0.717) is 50.9 Å². The van der Waals surface area contributed by atoms with Gasteiger partial charge in [-0.15, -0.1) is 11.3 Å². The van der Waals surface area contributed by atoms with Crippen LogP contribution in [0.25, 0.3) is 10.2 Å². The van der Waals surface area contributed by atoms with E-state index in [1.54, 1.807) is 33.8 Å². The van der Waals surface area contributed by atoms with Crippen molar-refractivity contribution in [1.82, 2.24) is 14.3 Å². The van der Waals surface area contributed by atoms with Crippen molar-refractivity contribution in [3.8, 4) is 11.5 Å². The molecule has 0 saturated carbocycles. The average molecular weight is 487 g/mol. The minimum absolute atomic E-state index is 0.246. The molecular formula is C23H26N4O4S2. The van der Waals surface area contributed by atoms with Gasteiger partial charge >= 0.3 is 0 Å². The first-order valence-electron chi connectivity index (χ1n) is 11.4. The van der Waals surface area contributed by atoms with Crippen molar-refractivity contribution in [1.29, 1.82) is 0 Å². The molecule has 0 amide bonds. The fourth-order valence-electron chi connectivity index (χ4n) is 4.90. The molecule has 3 aliphatic rings. The highest BCUT2D eigenvalue weighted by atomic mass is 32.2. The Morgan fingerprint density at radius 2 is 1.76 bits per heavy atom. The fourth-order valence-corrected chi connectivity index (χ4v) is 7.64. The standard InChI is InChI=1S/C23H26N4O4S2/c1-15-24-22(21-17-4-2-5-20(17)32-23(21)25-15)26-8-10-27(11-9-26)33(28,29)16-6-7-18-19(14-16)31-13-3-12-30-18/h6-7,14H,2-5,8-13H2,1H3. The summed E-state index contributed by atoms with van der Waals surface area (Å²) in [6.45, 7) is 5.04. The maximum Gasteiger partial charge on any atom is 0.243 e. The number of hydrogen-bond donors (Lipinski definition) is 0. The zero-order valence-corrected chi connectivity index (χ0v) is 20.2. The molecule has 1 aliphatic carbocycles. The van der Waals surface area contributed by atoms with Crippen LogP contribution in [0, 0.1) is 6.92 Å². The summed E-state index contributed by atoms with van der Waals surface area (Å²) < 4.78 is 39.6. The molecule has 1 fully saturated rings. The maximum absolute atomic E-state index is 13.4. The van der Waals surface area contributed by atoms with E-state index in [1.807, 2.05) is 6.92 Å². The molecule has 1 aromatic carbocycles. The van der Waals surface area contributed by atoms with Gasteiger partial charge in [-0.25, -0.2) is 18.4 Å². The Bertz CT molecular complexity index is 1330. The summed E-state index contributed by atoms with van der Waals surface area (Å²) >= 11 is 1.79. The van der Waals surface area contributed by atoms with Gasteiger partial charge in [0.1, 0.15) is 16.5 Å². The third-order valence-electron chi connectivity index (χ3n) is 6.55. The van der Waals surface area contributed by atoms with Crippen molar-refractivity contribution in [2.75, 3.05) is 44.3 Å². The number of rotatable bonds is 3. The summed E-state index contributed by atoms with van der Waals surface area (Å²) in [5, 5.41) is 1.18. The first kappa shape index (κ1) is 21.1. The maximum atomic E-state index is 13.4. The van der Waals surface area contributed by atoms with Gasteiger partial charge in [0.15, 0.2) is 11.5 Å². The largest absolute Gasteiger partial charge is 0.490 e. The molecule has 10 heteroatoms. The van der Waals surface area contributed by atoms with Crippen LogP contribution in [0.1, 0.15) is 29.1 Å². The number of hydrogen-bond acceptors (Lipinski definition) is 8. The summed E-state index contributed by atoms with van der Waals surface area (Å²) in [5.41, 5.74) is 1.40. The Hall–Kier alpha value is -2.43. The Kier molecular flexibility index (Phi) is 5.19. The fraction of sp³-hybridized carbons (Fsp3) is 0.478. The Morgan fingerprint density at radius 3 is 2.58 bits per heavy atom. The molecule has 0 N–H and O–H groups in total. The molecule has 6 rings (SSSR count). The third-order valence-corrected chi connectivity index (χ3v) is 9.63. The van der Waals surface area contributed by atoms with Gasteiger partial charge in [0.25, 0.3) is 0 Å². The van der Waals surface area contributed by atoms with Crippen molar-refractivity contribution < 1.29 is 17.9 Å². The van der Waals surface area contributed by atoms with Crippen LogP contribution in [0.5, 0.6) is 11.5 Å². The SMILES string of the molecule is Cc1nc(N2CCN(S(=O)(=O)c3ccc4c(c3)OCCCO4)CC2)c2c3c(sc2n1)CCC3. The molecule has 0 radical (unpaired) electrons. The molecule has 4 heterocycles. The molecule has 8 nitrogen and oxygen atoms in total. The summed E-state index contributed by atoms with van der Waals surface area (Å²) in [5.74, 6) is 2.82. The normalized spacial score (nSPS) is 19.0. The van der Waals surface area contributed by atoms with Crippen molar-refractivity contribution >= 4 is 37.4 Å². The molecule has 0 unspecified atom stereocenters. The van der Waals surface area contributed by atoms with Crippen LogP contribution in [-0.2, 0) is 22.9 Å². The summed E-state index contributed by atoms with van der Waals surface area (Å²) in [6, 6.07) is 4.90. The van der Waals surface area contributed by atoms with Crippen LogP contribution in [-0.4, -0.2) is 62.1 Å². The van der Waals surface area contributed by atoms with E-state index in [1.165, 1.54) is 22.2 Å². The van der Waals surface area contributed by atoms with E-state index in [4.69, 9.17) is 14.5 Å². The number of sulfonamides is 1. The number of aryl methyl sites for hydroxylation is 3. The van der Waals surface area contributed by atoms with E-state index in [2.05, 4.69) is 9.88 Å². The van der Waals surface area contributed by atoms with E-state index in [9.17, 15) is 8.42 Å². The molecule has 0 atom stereocenters. The highest BCUT2D eigenvalue weighted by Crippen LogP contribution is 2.41. The predicted molar refractivity (Wildman–Crippen MR) is 127 cm³/mol. The highest BCUT2D eigenvalue weighted by molar-refractivity contribution is 7.89. The number of piperazine rings is 1. The minimum atomic E-state index is -3.62. The topological polar surface area (TPSA) is 84.9 Å². The van der Waals surface area contributed by atoms with Crippen molar-refractivity contribution in [2.24, 2.45) is 0 Å². The summed E-state index contributed by atoms with van der Waals surface area (Å²) in [7, 11) is -3.62. The quantitative estimate of drug-likeness (QED) is 0.562. The third kappa shape index (κ3) is 3.64.